The molecule has 0 saturated carbocycles. The maximum atomic E-state index is 11.6. The van der Waals surface area contributed by atoms with E-state index in [4.69, 9.17) is 0 Å². The van der Waals surface area contributed by atoms with Gasteiger partial charge < -0.3 is 10.2 Å². The summed E-state index contributed by atoms with van der Waals surface area (Å²) >= 11 is 0. The molecule has 0 aliphatic carbocycles. The first kappa shape index (κ1) is 27.2. The first-order valence-corrected chi connectivity index (χ1v) is 12.4. The molecule has 1 aromatic rings. The molecule has 2 N–H and O–H groups in total. The van der Waals surface area contributed by atoms with Crippen LogP contribution in [0.2, 0.25) is 0 Å². The fraction of sp³-hybridized carbons (Fsp3) is 0.704. The number of aryl methyl sites for hydroxylation is 1. The molecule has 0 saturated heterocycles. The van der Waals surface area contributed by atoms with E-state index in [1.807, 2.05) is 6.92 Å². The highest BCUT2D eigenvalue weighted by Crippen LogP contribution is 2.22. The standard InChI is InChI=1S/C27H44O4/c1-21(2)17-15-13-11-9-7-5-4-6-8-10-12-14-16-18-23-22(3)19-20-24(26(28)29)25(23)27(30)31/h19-21H,4-18H2,1-3H3,(H,28,29)(H,30,31). The normalized spacial score (nSPS) is 11.2. The summed E-state index contributed by atoms with van der Waals surface area (Å²) in [5, 5.41) is 18.8. The summed E-state index contributed by atoms with van der Waals surface area (Å²) < 4.78 is 0. The molecule has 0 aliphatic heterocycles. The van der Waals surface area contributed by atoms with Gasteiger partial charge in [0.25, 0.3) is 0 Å². The van der Waals surface area contributed by atoms with Crippen molar-refractivity contribution in [1.82, 2.24) is 0 Å². The van der Waals surface area contributed by atoms with Crippen LogP contribution in [0.3, 0.4) is 0 Å². The van der Waals surface area contributed by atoms with Crippen molar-refractivity contribution < 1.29 is 19.8 Å². The van der Waals surface area contributed by atoms with Gasteiger partial charge in [-0.3, -0.25) is 0 Å². The van der Waals surface area contributed by atoms with Gasteiger partial charge in [0.2, 0.25) is 0 Å². The molecule has 0 fully saturated rings. The molecule has 0 amide bonds. The van der Waals surface area contributed by atoms with Gasteiger partial charge in [0.15, 0.2) is 0 Å². The fourth-order valence-electron chi connectivity index (χ4n) is 4.30. The van der Waals surface area contributed by atoms with Gasteiger partial charge in [0.1, 0.15) is 0 Å². The topological polar surface area (TPSA) is 74.6 Å². The van der Waals surface area contributed by atoms with Crippen LogP contribution in [0.1, 0.15) is 136 Å². The Morgan fingerprint density at radius 2 is 1.16 bits per heavy atom. The summed E-state index contributed by atoms with van der Waals surface area (Å²) in [6.45, 7) is 6.46. The van der Waals surface area contributed by atoms with Crippen molar-refractivity contribution in [1.29, 1.82) is 0 Å². The summed E-state index contributed by atoms with van der Waals surface area (Å²) in [6, 6.07) is 3.12. The average molecular weight is 433 g/mol. The number of hydrogen-bond donors (Lipinski definition) is 2. The van der Waals surface area contributed by atoms with E-state index < -0.39 is 11.9 Å². The van der Waals surface area contributed by atoms with Gasteiger partial charge in [0, 0.05) is 0 Å². The maximum Gasteiger partial charge on any atom is 0.336 e. The quantitative estimate of drug-likeness (QED) is 0.230. The van der Waals surface area contributed by atoms with Crippen LogP contribution in [-0.2, 0) is 6.42 Å². The average Bonchev–Trinajstić information content (AvgIpc) is 2.70. The minimum atomic E-state index is -1.18. The Hall–Kier alpha value is -1.84. The van der Waals surface area contributed by atoms with Crippen LogP contribution in [0, 0.1) is 12.8 Å². The van der Waals surface area contributed by atoms with Crippen LogP contribution in [0.25, 0.3) is 0 Å². The summed E-state index contributed by atoms with van der Waals surface area (Å²) in [7, 11) is 0. The van der Waals surface area contributed by atoms with E-state index in [1.54, 1.807) is 6.07 Å². The first-order chi connectivity index (χ1) is 14.8. The highest BCUT2D eigenvalue weighted by atomic mass is 16.4. The van der Waals surface area contributed by atoms with Crippen molar-refractivity contribution in [2.45, 2.75) is 117 Å². The van der Waals surface area contributed by atoms with Crippen LogP contribution in [0.5, 0.6) is 0 Å². The Balaban J connectivity index is 2.12. The zero-order chi connectivity index (χ0) is 23.1. The van der Waals surface area contributed by atoms with Crippen molar-refractivity contribution in [3.63, 3.8) is 0 Å². The second-order valence-electron chi connectivity index (χ2n) is 9.42. The van der Waals surface area contributed by atoms with Gasteiger partial charge in [0.05, 0.1) is 11.1 Å². The molecule has 0 aromatic heterocycles. The van der Waals surface area contributed by atoms with E-state index in [0.717, 1.165) is 30.7 Å². The van der Waals surface area contributed by atoms with E-state index in [-0.39, 0.29) is 11.1 Å². The molecule has 0 atom stereocenters. The Kier molecular flexibility index (Phi) is 13.9. The van der Waals surface area contributed by atoms with Crippen molar-refractivity contribution in [3.8, 4) is 0 Å². The smallest absolute Gasteiger partial charge is 0.336 e. The molecule has 1 rings (SSSR count). The predicted molar refractivity (Wildman–Crippen MR) is 128 cm³/mol. The minimum absolute atomic E-state index is 0.0348. The molecule has 1 aromatic carbocycles. The largest absolute Gasteiger partial charge is 0.478 e. The Morgan fingerprint density at radius 1 is 0.710 bits per heavy atom. The van der Waals surface area contributed by atoms with Crippen LogP contribution in [0.4, 0.5) is 0 Å². The molecule has 4 heteroatoms. The Bertz CT molecular complexity index is 663. The third kappa shape index (κ3) is 11.4. The molecule has 0 spiro atoms. The fourth-order valence-corrected chi connectivity index (χ4v) is 4.30. The molecule has 0 heterocycles. The van der Waals surface area contributed by atoms with Gasteiger partial charge in [-0.15, -0.1) is 0 Å². The minimum Gasteiger partial charge on any atom is -0.478 e. The summed E-state index contributed by atoms with van der Waals surface area (Å²) in [5.74, 6) is -1.48. The highest BCUT2D eigenvalue weighted by Gasteiger charge is 2.21. The lowest BCUT2D eigenvalue weighted by molar-refractivity contribution is 0.0650. The number of carboxylic acids is 2. The number of carbonyl (C=O) groups is 2. The van der Waals surface area contributed by atoms with Gasteiger partial charge in [-0.2, -0.15) is 0 Å². The van der Waals surface area contributed by atoms with E-state index in [9.17, 15) is 19.8 Å². The van der Waals surface area contributed by atoms with Crippen molar-refractivity contribution in [2.75, 3.05) is 0 Å². The number of hydrogen-bond acceptors (Lipinski definition) is 2. The van der Waals surface area contributed by atoms with Crippen LogP contribution >= 0.6 is 0 Å². The lowest BCUT2D eigenvalue weighted by atomic mass is 9.92. The number of rotatable bonds is 18. The molecule has 0 unspecified atom stereocenters. The van der Waals surface area contributed by atoms with Gasteiger partial charge in [-0.25, -0.2) is 9.59 Å². The Morgan fingerprint density at radius 3 is 1.58 bits per heavy atom. The number of aromatic carboxylic acids is 2. The third-order valence-electron chi connectivity index (χ3n) is 6.20. The lowest BCUT2D eigenvalue weighted by Crippen LogP contribution is -2.13. The molecule has 31 heavy (non-hydrogen) atoms. The monoisotopic (exact) mass is 432 g/mol. The number of unbranched alkanes of at least 4 members (excludes halogenated alkanes) is 12. The first-order valence-electron chi connectivity index (χ1n) is 12.4. The number of benzene rings is 1. The molecule has 0 aliphatic rings. The van der Waals surface area contributed by atoms with Crippen LogP contribution in [-0.4, -0.2) is 22.2 Å². The van der Waals surface area contributed by atoms with Crippen molar-refractivity contribution in [2.24, 2.45) is 5.92 Å². The van der Waals surface area contributed by atoms with Crippen molar-refractivity contribution in [3.05, 3.63) is 34.4 Å². The molecule has 0 bridgehead atoms. The van der Waals surface area contributed by atoms with E-state index >= 15 is 0 Å². The molecule has 0 radical (unpaired) electrons. The zero-order valence-electron chi connectivity index (χ0n) is 20.0. The lowest BCUT2D eigenvalue weighted by Gasteiger charge is -2.12. The van der Waals surface area contributed by atoms with E-state index in [2.05, 4.69) is 13.8 Å². The van der Waals surface area contributed by atoms with Gasteiger partial charge in [-0.05, 0) is 42.9 Å². The summed E-state index contributed by atoms with van der Waals surface area (Å²) in [4.78, 5) is 23.0. The van der Waals surface area contributed by atoms with Crippen molar-refractivity contribution >= 4 is 11.9 Å². The maximum absolute atomic E-state index is 11.6. The van der Waals surface area contributed by atoms with Gasteiger partial charge in [-0.1, -0.05) is 103 Å². The van der Waals surface area contributed by atoms with Crippen LogP contribution in [0.15, 0.2) is 12.1 Å². The highest BCUT2D eigenvalue weighted by molar-refractivity contribution is 6.03. The second-order valence-corrected chi connectivity index (χ2v) is 9.42. The predicted octanol–water partition coefficient (Wildman–Crippen LogP) is 8.05. The second kappa shape index (κ2) is 15.9. The molecule has 4 nitrogen and oxygen atoms in total. The van der Waals surface area contributed by atoms with Gasteiger partial charge >= 0.3 is 11.9 Å². The van der Waals surface area contributed by atoms with E-state index in [0.29, 0.717) is 12.0 Å². The SMILES string of the molecule is Cc1ccc(C(=O)O)c(C(=O)O)c1CCCCCCCCCCCCCCCC(C)C. The molecular weight excluding hydrogens is 388 g/mol. The number of carboxylic acid groups (broad SMARTS) is 2. The third-order valence-corrected chi connectivity index (χ3v) is 6.20. The molecule has 176 valence electrons. The summed E-state index contributed by atoms with van der Waals surface area (Å²) in [5.41, 5.74) is 1.40. The zero-order valence-corrected chi connectivity index (χ0v) is 20.0. The molecular formula is C27H44O4. The summed E-state index contributed by atoms with van der Waals surface area (Å²) in [6.07, 6.45) is 18.6. The van der Waals surface area contributed by atoms with E-state index in [1.165, 1.54) is 76.7 Å². The Labute approximate surface area is 189 Å². The van der Waals surface area contributed by atoms with Crippen LogP contribution < -0.4 is 0 Å².